The van der Waals surface area contributed by atoms with Gasteiger partial charge in [-0.05, 0) is 25.0 Å². The number of nitrogens with zero attached hydrogens (tertiary/aromatic N) is 4. The number of rotatable bonds is 4. The fourth-order valence-electron chi connectivity index (χ4n) is 2.07. The molecule has 0 aromatic carbocycles. The van der Waals surface area contributed by atoms with Crippen LogP contribution in [-0.2, 0) is 6.42 Å². The molecule has 20 heavy (non-hydrogen) atoms. The van der Waals surface area contributed by atoms with E-state index >= 15 is 0 Å². The summed E-state index contributed by atoms with van der Waals surface area (Å²) in [5, 5.41) is 9.58. The molecule has 3 aromatic rings. The molecule has 0 bridgehead atoms. The minimum Gasteiger partial charge on any atom is -0.370 e. The number of hydrogen-bond donors (Lipinski definition) is 2. The number of nitrogens with one attached hydrogen (secondary N) is 2. The Balaban J connectivity index is 1.73. The summed E-state index contributed by atoms with van der Waals surface area (Å²) in [5.74, 6) is 1.31. The molecule has 3 rings (SSSR count). The van der Waals surface area contributed by atoms with Crippen molar-refractivity contribution in [3.63, 3.8) is 0 Å². The van der Waals surface area contributed by atoms with Crippen LogP contribution in [-0.4, -0.2) is 31.1 Å². The largest absolute Gasteiger partial charge is 0.370 e. The second kappa shape index (κ2) is 5.12. The first-order valence-electron chi connectivity index (χ1n) is 6.31. The highest BCUT2D eigenvalue weighted by molar-refractivity contribution is 5.49. The first kappa shape index (κ1) is 12.3. The molecule has 0 saturated carbocycles. The van der Waals surface area contributed by atoms with Gasteiger partial charge in [0.05, 0.1) is 0 Å². The van der Waals surface area contributed by atoms with E-state index in [2.05, 4.69) is 25.5 Å². The summed E-state index contributed by atoms with van der Waals surface area (Å²) in [6, 6.07) is 5.69. The predicted molar refractivity (Wildman–Crippen MR) is 74.8 cm³/mol. The monoisotopic (exact) mass is 270 g/mol. The van der Waals surface area contributed by atoms with Gasteiger partial charge in [0.15, 0.2) is 5.65 Å². The van der Waals surface area contributed by atoms with E-state index in [0.717, 1.165) is 18.5 Å². The Morgan fingerprint density at radius 1 is 1.45 bits per heavy atom. The van der Waals surface area contributed by atoms with Gasteiger partial charge in [0.1, 0.15) is 11.6 Å². The van der Waals surface area contributed by atoms with E-state index in [9.17, 15) is 4.79 Å². The summed E-state index contributed by atoms with van der Waals surface area (Å²) in [6.07, 6.45) is 4.45. The van der Waals surface area contributed by atoms with Gasteiger partial charge in [0.2, 0.25) is 0 Å². The molecule has 7 heteroatoms. The smallest absolute Gasteiger partial charge is 0.349 e. The maximum absolute atomic E-state index is 11.5. The van der Waals surface area contributed by atoms with Crippen molar-refractivity contribution in [3.05, 3.63) is 52.5 Å². The van der Waals surface area contributed by atoms with E-state index in [4.69, 9.17) is 0 Å². The Hall–Kier alpha value is -2.70. The summed E-state index contributed by atoms with van der Waals surface area (Å²) in [7, 11) is 0. The van der Waals surface area contributed by atoms with Crippen LogP contribution >= 0.6 is 0 Å². The lowest BCUT2D eigenvalue weighted by molar-refractivity contribution is 0.924. The maximum Gasteiger partial charge on any atom is 0.349 e. The van der Waals surface area contributed by atoms with Crippen LogP contribution in [0.2, 0.25) is 0 Å². The van der Waals surface area contributed by atoms with Crippen LogP contribution in [0.15, 0.2) is 35.4 Å². The Morgan fingerprint density at radius 2 is 2.35 bits per heavy atom. The Labute approximate surface area is 114 Å². The number of aromatic nitrogens is 5. The zero-order chi connectivity index (χ0) is 13.9. The molecule has 0 unspecified atom stereocenters. The van der Waals surface area contributed by atoms with Crippen molar-refractivity contribution in [2.45, 2.75) is 13.3 Å². The van der Waals surface area contributed by atoms with E-state index in [1.54, 1.807) is 19.2 Å². The fraction of sp³-hybridized carbons (Fsp3) is 0.231. The van der Waals surface area contributed by atoms with Gasteiger partial charge in [0.25, 0.3) is 0 Å². The highest BCUT2D eigenvalue weighted by Crippen LogP contribution is 2.08. The molecule has 102 valence electrons. The van der Waals surface area contributed by atoms with Crippen molar-refractivity contribution in [1.82, 2.24) is 24.6 Å². The van der Waals surface area contributed by atoms with Gasteiger partial charge in [-0.2, -0.15) is 5.10 Å². The molecule has 7 nitrogen and oxygen atoms in total. The molecule has 0 radical (unpaired) electrons. The average molecular weight is 270 g/mol. The molecule has 0 aliphatic heterocycles. The normalized spacial score (nSPS) is 10.8. The van der Waals surface area contributed by atoms with Crippen LogP contribution < -0.4 is 11.0 Å². The van der Waals surface area contributed by atoms with Crippen molar-refractivity contribution in [3.8, 4) is 0 Å². The van der Waals surface area contributed by atoms with Gasteiger partial charge in [-0.15, -0.1) is 0 Å². The zero-order valence-corrected chi connectivity index (χ0v) is 11.0. The molecular weight excluding hydrogens is 256 g/mol. The molecule has 0 aliphatic rings. The van der Waals surface area contributed by atoms with Crippen LogP contribution in [0.1, 0.15) is 11.4 Å². The summed E-state index contributed by atoms with van der Waals surface area (Å²) in [6.45, 7) is 2.51. The van der Waals surface area contributed by atoms with Gasteiger partial charge in [-0.25, -0.2) is 19.3 Å². The lowest BCUT2D eigenvalue weighted by atomic mass is 10.2. The first-order chi connectivity index (χ1) is 9.74. The number of aromatic amines is 1. The average Bonchev–Trinajstić information content (AvgIpc) is 2.82. The van der Waals surface area contributed by atoms with E-state index in [1.165, 1.54) is 4.40 Å². The second-order valence-corrected chi connectivity index (χ2v) is 4.45. The highest BCUT2D eigenvalue weighted by atomic mass is 16.1. The van der Waals surface area contributed by atoms with Gasteiger partial charge >= 0.3 is 5.69 Å². The van der Waals surface area contributed by atoms with E-state index in [-0.39, 0.29) is 5.69 Å². The van der Waals surface area contributed by atoms with E-state index < -0.39 is 0 Å². The molecule has 0 aliphatic carbocycles. The van der Waals surface area contributed by atoms with Gasteiger partial charge in [0, 0.05) is 25.0 Å². The van der Waals surface area contributed by atoms with Gasteiger partial charge < -0.3 is 5.32 Å². The summed E-state index contributed by atoms with van der Waals surface area (Å²) in [4.78, 5) is 19.9. The molecule has 0 spiro atoms. The SMILES string of the molecule is Cc1nc(NCCc2cccnc2)cc2n[nH]c(=O)n12. The Morgan fingerprint density at radius 3 is 3.15 bits per heavy atom. The third-order valence-corrected chi connectivity index (χ3v) is 3.01. The molecular formula is C13H14N6O. The number of aryl methyl sites for hydroxylation is 1. The summed E-state index contributed by atoms with van der Waals surface area (Å²) in [5.41, 5.74) is 1.45. The van der Waals surface area contributed by atoms with Crippen molar-refractivity contribution >= 4 is 11.5 Å². The molecule has 0 saturated heterocycles. The Bertz CT molecular complexity index is 776. The topological polar surface area (TPSA) is 88.0 Å². The van der Waals surface area contributed by atoms with Crippen LogP contribution in [0.25, 0.3) is 5.65 Å². The van der Waals surface area contributed by atoms with Crippen LogP contribution in [0, 0.1) is 6.92 Å². The third kappa shape index (κ3) is 2.37. The van der Waals surface area contributed by atoms with Gasteiger partial charge in [-0.3, -0.25) is 4.98 Å². The predicted octanol–water partition coefficient (Wildman–Crippen LogP) is 0.776. The second-order valence-electron chi connectivity index (χ2n) is 4.45. The summed E-state index contributed by atoms with van der Waals surface area (Å²) < 4.78 is 1.44. The van der Waals surface area contributed by atoms with Crippen molar-refractivity contribution in [2.75, 3.05) is 11.9 Å². The number of hydrogen-bond acceptors (Lipinski definition) is 5. The first-order valence-corrected chi connectivity index (χ1v) is 6.31. The van der Waals surface area contributed by atoms with Gasteiger partial charge in [-0.1, -0.05) is 6.07 Å². The lowest BCUT2D eigenvalue weighted by Crippen LogP contribution is -2.14. The number of anilines is 1. The number of fused-ring (bicyclic) bond motifs is 1. The molecule has 3 aromatic heterocycles. The van der Waals surface area contributed by atoms with Crippen molar-refractivity contribution < 1.29 is 0 Å². The highest BCUT2D eigenvalue weighted by Gasteiger charge is 2.06. The fourth-order valence-corrected chi connectivity index (χ4v) is 2.07. The molecule has 0 fully saturated rings. The third-order valence-electron chi connectivity index (χ3n) is 3.01. The quantitative estimate of drug-likeness (QED) is 0.731. The molecule has 0 atom stereocenters. The molecule has 0 amide bonds. The minimum absolute atomic E-state index is 0.271. The lowest BCUT2D eigenvalue weighted by Gasteiger charge is -2.07. The van der Waals surface area contributed by atoms with E-state index in [1.807, 2.05) is 18.3 Å². The van der Waals surface area contributed by atoms with Crippen LogP contribution in [0.3, 0.4) is 0 Å². The number of pyridine rings is 1. The van der Waals surface area contributed by atoms with Crippen molar-refractivity contribution in [1.29, 1.82) is 0 Å². The van der Waals surface area contributed by atoms with Crippen LogP contribution in [0.5, 0.6) is 0 Å². The van der Waals surface area contributed by atoms with Crippen molar-refractivity contribution in [2.24, 2.45) is 0 Å². The maximum atomic E-state index is 11.5. The Kier molecular flexibility index (Phi) is 3.16. The number of H-pyrrole nitrogens is 1. The standard InChI is InChI=1S/C13H14N6O/c1-9-16-11(7-12-17-18-13(20)19(9)12)15-6-4-10-3-2-5-14-8-10/h2-3,5,7-8,15H,4,6H2,1H3,(H,18,20). The van der Waals surface area contributed by atoms with E-state index in [0.29, 0.717) is 17.3 Å². The summed E-state index contributed by atoms with van der Waals surface area (Å²) >= 11 is 0. The van der Waals surface area contributed by atoms with Crippen LogP contribution in [0.4, 0.5) is 5.82 Å². The minimum atomic E-state index is -0.271. The molecule has 2 N–H and O–H groups in total. The zero-order valence-electron chi connectivity index (χ0n) is 11.0. The molecule has 3 heterocycles.